The molecular formula is C10H17N3O3. The molecule has 0 aromatic carbocycles. The molecule has 0 saturated heterocycles. The Balaban J connectivity index is 1.79. The summed E-state index contributed by atoms with van der Waals surface area (Å²) in [5.74, 6) is 0.919. The summed E-state index contributed by atoms with van der Waals surface area (Å²) in [6.45, 7) is 0.750. The van der Waals surface area contributed by atoms with Crippen molar-refractivity contribution in [3.05, 3.63) is 11.7 Å². The second-order valence-electron chi connectivity index (χ2n) is 3.97. The molecule has 90 valence electrons. The number of aromatic nitrogens is 2. The van der Waals surface area contributed by atoms with Crippen molar-refractivity contribution in [1.82, 2.24) is 10.1 Å². The third kappa shape index (κ3) is 2.78. The van der Waals surface area contributed by atoms with E-state index < -0.39 is 0 Å². The van der Waals surface area contributed by atoms with Crippen LogP contribution in [0.4, 0.5) is 0 Å². The smallest absolute Gasteiger partial charge is 0.252 e. The van der Waals surface area contributed by atoms with Crippen molar-refractivity contribution in [2.75, 3.05) is 13.7 Å². The van der Waals surface area contributed by atoms with E-state index in [1.165, 1.54) is 6.42 Å². The summed E-state index contributed by atoms with van der Waals surface area (Å²) in [7, 11) is 1.57. The summed E-state index contributed by atoms with van der Waals surface area (Å²) < 4.78 is 15.4. The zero-order valence-corrected chi connectivity index (χ0v) is 9.39. The summed E-state index contributed by atoms with van der Waals surface area (Å²) >= 11 is 0. The Hall–Kier alpha value is -0.980. The van der Waals surface area contributed by atoms with Crippen LogP contribution >= 0.6 is 0 Å². The average molecular weight is 227 g/mol. The van der Waals surface area contributed by atoms with E-state index in [-0.39, 0.29) is 6.04 Å². The highest BCUT2D eigenvalue weighted by molar-refractivity contribution is 4.92. The number of ether oxygens (including phenoxy) is 2. The maximum atomic E-state index is 5.88. The van der Waals surface area contributed by atoms with Crippen molar-refractivity contribution in [3.8, 4) is 0 Å². The van der Waals surface area contributed by atoms with Crippen LogP contribution in [-0.4, -0.2) is 30.0 Å². The van der Waals surface area contributed by atoms with Crippen LogP contribution in [0.2, 0.25) is 0 Å². The van der Waals surface area contributed by atoms with Gasteiger partial charge < -0.3 is 19.7 Å². The van der Waals surface area contributed by atoms with Crippen LogP contribution < -0.4 is 5.73 Å². The summed E-state index contributed by atoms with van der Waals surface area (Å²) in [4.78, 5) is 4.11. The summed E-state index contributed by atoms with van der Waals surface area (Å²) in [5.41, 5.74) is 5.88. The minimum absolute atomic E-state index is 0.309. The van der Waals surface area contributed by atoms with Crippen LogP contribution in [0.5, 0.6) is 0 Å². The molecule has 1 aliphatic carbocycles. The van der Waals surface area contributed by atoms with Gasteiger partial charge in [-0.1, -0.05) is 5.16 Å². The molecule has 1 heterocycles. The lowest BCUT2D eigenvalue weighted by Gasteiger charge is -2.26. The number of nitrogens with two attached hydrogens (primary N) is 1. The largest absolute Gasteiger partial charge is 0.376 e. The lowest BCUT2D eigenvalue weighted by molar-refractivity contribution is -0.00549. The van der Waals surface area contributed by atoms with E-state index in [9.17, 15) is 0 Å². The van der Waals surface area contributed by atoms with E-state index in [4.69, 9.17) is 19.7 Å². The van der Waals surface area contributed by atoms with Crippen LogP contribution in [0.15, 0.2) is 4.52 Å². The SMILES string of the molecule is COCc1nc(C(N)COC2CCC2)no1. The van der Waals surface area contributed by atoms with E-state index in [1.807, 2.05) is 0 Å². The topological polar surface area (TPSA) is 83.4 Å². The van der Waals surface area contributed by atoms with Gasteiger partial charge in [-0.3, -0.25) is 0 Å². The van der Waals surface area contributed by atoms with E-state index in [0.29, 0.717) is 31.0 Å². The van der Waals surface area contributed by atoms with E-state index in [1.54, 1.807) is 7.11 Å². The highest BCUT2D eigenvalue weighted by atomic mass is 16.5. The molecule has 1 aromatic rings. The third-order valence-corrected chi connectivity index (χ3v) is 2.65. The summed E-state index contributed by atoms with van der Waals surface area (Å²) in [5, 5.41) is 3.79. The molecule has 6 nitrogen and oxygen atoms in total. The zero-order chi connectivity index (χ0) is 11.4. The fourth-order valence-corrected chi connectivity index (χ4v) is 1.45. The van der Waals surface area contributed by atoms with Gasteiger partial charge in [-0.2, -0.15) is 4.98 Å². The molecule has 1 aliphatic rings. The van der Waals surface area contributed by atoms with Crippen LogP contribution in [0.25, 0.3) is 0 Å². The second-order valence-corrected chi connectivity index (χ2v) is 3.97. The maximum Gasteiger partial charge on any atom is 0.252 e. The van der Waals surface area contributed by atoms with Crippen molar-refractivity contribution in [1.29, 1.82) is 0 Å². The molecule has 1 unspecified atom stereocenters. The Labute approximate surface area is 94.1 Å². The Kier molecular flexibility index (Phi) is 3.87. The number of methoxy groups -OCH3 is 1. The van der Waals surface area contributed by atoms with Gasteiger partial charge in [0.1, 0.15) is 6.61 Å². The highest BCUT2D eigenvalue weighted by Crippen LogP contribution is 2.22. The fraction of sp³-hybridized carbons (Fsp3) is 0.800. The molecule has 1 aromatic heterocycles. The molecule has 0 aliphatic heterocycles. The van der Waals surface area contributed by atoms with Gasteiger partial charge in [-0.15, -0.1) is 0 Å². The molecule has 0 radical (unpaired) electrons. The Morgan fingerprint density at radius 2 is 2.38 bits per heavy atom. The standard InChI is InChI=1S/C10H17N3O3/c1-14-6-9-12-10(13-16-9)8(11)5-15-7-3-2-4-7/h7-8H,2-6,11H2,1H3. The fourth-order valence-electron chi connectivity index (χ4n) is 1.45. The Morgan fingerprint density at radius 3 is 3.00 bits per heavy atom. The molecule has 0 amide bonds. The third-order valence-electron chi connectivity index (χ3n) is 2.65. The van der Waals surface area contributed by atoms with E-state index >= 15 is 0 Å². The molecule has 2 N–H and O–H groups in total. The highest BCUT2D eigenvalue weighted by Gasteiger charge is 2.21. The molecule has 6 heteroatoms. The van der Waals surface area contributed by atoms with Gasteiger partial charge in [0.25, 0.3) is 5.89 Å². The number of nitrogens with zero attached hydrogens (tertiary/aromatic N) is 2. The van der Waals surface area contributed by atoms with Gasteiger partial charge in [0.15, 0.2) is 5.82 Å². The first-order valence-corrected chi connectivity index (χ1v) is 5.48. The molecule has 0 bridgehead atoms. The molecule has 1 saturated carbocycles. The Morgan fingerprint density at radius 1 is 1.56 bits per heavy atom. The van der Waals surface area contributed by atoms with Crippen molar-refractivity contribution < 1.29 is 14.0 Å². The molecule has 2 rings (SSSR count). The lowest BCUT2D eigenvalue weighted by atomic mass is 9.96. The van der Waals surface area contributed by atoms with Gasteiger partial charge in [-0.25, -0.2) is 0 Å². The monoisotopic (exact) mass is 227 g/mol. The van der Waals surface area contributed by atoms with Crippen molar-refractivity contribution >= 4 is 0 Å². The molecule has 16 heavy (non-hydrogen) atoms. The zero-order valence-electron chi connectivity index (χ0n) is 9.39. The van der Waals surface area contributed by atoms with Gasteiger partial charge in [0, 0.05) is 7.11 Å². The van der Waals surface area contributed by atoms with Gasteiger partial charge in [0.2, 0.25) is 0 Å². The van der Waals surface area contributed by atoms with Crippen molar-refractivity contribution in [3.63, 3.8) is 0 Å². The molecule has 1 fully saturated rings. The van der Waals surface area contributed by atoms with Crippen molar-refractivity contribution in [2.24, 2.45) is 5.73 Å². The first-order chi connectivity index (χ1) is 7.79. The first-order valence-electron chi connectivity index (χ1n) is 5.48. The minimum atomic E-state index is -0.324. The predicted molar refractivity (Wildman–Crippen MR) is 55.5 cm³/mol. The minimum Gasteiger partial charge on any atom is -0.376 e. The number of hydrogen-bond donors (Lipinski definition) is 1. The summed E-state index contributed by atoms with van der Waals surface area (Å²) in [6.07, 6.45) is 3.89. The first kappa shape index (κ1) is 11.5. The maximum absolute atomic E-state index is 5.88. The molecular weight excluding hydrogens is 210 g/mol. The van der Waals surface area contributed by atoms with E-state index in [0.717, 1.165) is 12.8 Å². The predicted octanol–water partition coefficient (Wildman–Crippen LogP) is 0.785. The van der Waals surface area contributed by atoms with E-state index in [2.05, 4.69) is 10.1 Å². The average Bonchev–Trinajstić information content (AvgIpc) is 2.64. The second kappa shape index (κ2) is 5.38. The quantitative estimate of drug-likeness (QED) is 0.773. The van der Waals surface area contributed by atoms with Crippen molar-refractivity contribution in [2.45, 2.75) is 38.0 Å². The number of rotatable bonds is 6. The Bertz CT molecular complexity index is 325. The van der Waals surface area contributed by atoms with Crippen LogP contribution in [0.3, 0.4) is 0 Å². The normalized spacial score (nSPS) is 18.4. The molecule has 0 spiro atoms. The number of hydrogen-bond acceptors (Lipinski definition) is 6. The van der Waals surface area contributed by atoms with Crippen LogP contribution in [0, 0.1) is 0 Å². The van der Waals surface area contributed by atoms with Crippen LogP contribution in [-0.2, 0) is 16.1 Å². The van der Waals surface area contributed by atoms with Gasteiger partial charge in [0.05, 0.1) is 18.8 Å². The lowest BCUT2D eigenvalue weighted by Crippen LogP contribution is -2.27. The molecule has 1 atom stereocenters. The van der Waals surface area contributed by atoms with Gasteiger partial charge in [-0.05, 0) is 19.3 Å². The summed E-state index contributed by atoms with van der Waals surface area (Å²) in [6, 6.07) is -0.324. The van der Waals surface area contributed by atoms with Gasteiger partial charge >= 0.3 is 0 Å². The van der Waals surface area contributed by atoms with Crippen LogP contribution in [0.1, 0.15) is 37.0 Å².